The molecule has 283 valence electrons. The Hall–Kier alpha value is -3.27. The summed E-state index contributed by atoms with van der Waals surface area (Å²) >= 11 is 0. The Kier molecular flexibility index (Phi) is 13.9. The number of aliphatic hydroxyl groups excluding tert-OH is 1. The Balaban J connectivity index is 0.000000347. The van der Waals surface area contributed by atoms with Gasteiger partial charge in [0.05, 0.1) is 5.52 Å². The maximum Gasteiger partial charge on any atom is 0.164 e. The SMILES string of the molecule is CCC(C)(CC)C(=O)/C=C(\O)C(C)(CC)CC.Cc1cc(C)c2c(c1)nc(-c1[c-]c3ccccc3c(C(C)(C)C)c1)c1oc(CC(C)C)c(C)c12.[Ir]. The predicted octanol–water partition coefficient (Wildman–Crippen LogP) is 13.7. The van der Waals surface area contributed by atoms with Crippen molar-refractivity contribution in [3.63, 3.8) is 0 Å². The van der Waals surface area contributed by atoms with Crippen molar-refractivity contribution in [3.8, 4) is 11.3 Å². The molecule has 1 N–H and O–H groups in total. The van der Waals surface area contributed by atoms with Crippen LogP contribution in [-0.4, -0.2) is 15.9 Å². The zero-order valence-corrected chi connectivity index (χ0v) is 36.7. The van der Waals surface area contributed by atoms with E-state index in [0.29, 0.717) is 5.92 Å². The summed E-state index contributed by atoms with van der Waals surface area (Å²) in [5, 5.41) is 14.9. The largest absolute Gasteiger partial charge is 0.512 e. The standard InChI is InChI=1S/C32H34NO.C15H28O2.Ir/c1-18(2)13-27-21(5)29-28-20(4)14-19(3)15-26(28)33-30(31(29)34-27)23-16-22-11-9-10-12-24(22)25(17-23)32(6,7)8;1-7-14(5,8-2)12(16)11-13(17)15(6,9-3)10-4;/h9-12,14-15,17-18H,13H2,1-8H3;11,16H,7-10H2,1-6H3;/q-1;;/b;12-11-;. The van der Waals surface area contributed by atoms with Gasteiger partial charge in [-0.15, -0.1) is 29.1 Å². The fourth-order valence-corrected chi connectivity index (χ4v) is 6.97. The van der Waals surface area contributed by atoms with Crippen LogP contribution in [0.3, 0.4) is 0 Å². The number of carbonyl (C=O) groups is 1. The van der Waals surface area contributed by atoms with Crippen molar-refractivity contribution in [2.45, 2.75) is 134 Å². The zero-order valence-electron chi connectivity index (χ0n) is 34.3. The number of allylic oxidation sites excluding steroid dienone is 2. The van der Waals surface area contributed by atoms with Crippen molar-refractivity contribution in [2.75, 3.05) is 0 Å². The van der Waals surface area contributed by atoms with E-state index in [1.165, 1.54) is 44.5 Å². The summed E-state index contributed by atoms with van der Waals surface area (Å²) in [5.41, 5.74) is 8.21. The Labute approximate surface area is 327 Å². The summed E-state index contributed by atoms with van der Waals surface area (Å²) < 4.78 is 6.64. The van der Waals surface area contributed by atoms with E-state index in [4.69, 9.17) is 9.40 Å². The Morgan fingerprint density at radius 2 is 1.48 bits per heavy atom. The van der Waals surface area contributed by atoms with Crippen LogP contribution in [0.4, 0.5) is 0 Å². The summed E-state index contributed by atoms with van der Waals surface area (Å²) in [6.45, 7) is 29.9. The van der Waals surface area contributed by atoms with Gasteiger partial charge in [-0.25, -0.2) is 0 Å². The van der Waals surface area contributed by atoms with Gasteiger partial charge >= 0.3 is 0 Å². The van der Waals surface area contributed by atoms with Crippen LogP contribution in [0.5, 0.6) is 0 Å². The number of aryl methyl sites for hydroxylation is 3. The van der Waals surface area contributed by atoms with Crippen molar-refractivity contribution in [2.24, 2.45) is 16.7 Å². The molecule has 0 saturated carbocycles. The van der Waals surface area contributed by atoms with E-state index in [1.807, 2.05) is 41.5 Å². The van der Waals surface area contributed by atoms with Crippen LogP contribution in [0.1, 0.15) is 130 Å². The number of hydrogen-bond donors (Lipinski definition) is 1. The molecule has 0 unspecified atom stereocenters. The van der Waals surface area contributed by atoms with Crippen LogP contribution in [0, 0.1) is 43.6 Å². The molecule has 3 aromatic carbocycles. The van der Waals surface area contributed by atoms with Gasteiger partial charge in [0, 0.05) is 59.9 Å². The molecule has 2 aromatic heterocycles. The van der Waals surface area contributed by atoms with Gasteiger partial charge in [0.15, 0.2) is 5.78 Å². The number of carbonyl (C=O) groups excluding carboxylic acids is 1. The molecule has 52 heavy (non-hydrogen) atoms. The molecule has 0 aliphatic heterocycles. The van der Waals surface area contributed by atoms with Gasteiger partial charge in [0.25, 0.3) is 0 Å². The zero-order chi connectivity index (χ0) is 38.1. The normalized spacial score (nSPS) is 12.7. The first-order chi connectivity index (χ1) is 23.8. The number of ketones is 1. The van der Waals surface area contributed by atoms with E-state index in [-0.39, 0.29) is 47.9 Å². The maximum absolute atomic E-state index is 12.2. The maximum atomic E-state index is 12.2. The van der Waals surface area contributed by atoms with Gasteiger partial charge in [-0.2, -0.15) is 0 Å². The molecular formula is C47H62IrNO3-. The number of fused-ring (bicyclic) bond motifs is 4. The number of pyridine rings is 1. The summed E-state index contributed by atoms with van der Waals surface area (Å²) in [6, 6.07) is 19.0. The van der Waals surface area contributed by atoms with Gasteiger partial charge in [-0.05, 0) is 80.5 Å². The number of furan rings is 1. The molecule has 0 bridgehead atoms. The minimum atomic E-state index is -0.337. The second-order valence-electron chi connectivity index (χ2n) is 16.7. The summed E-state index contributed by atoms with van der Waals surface area (Å²) in [6.07, 6.45) is 5.67. The van der Waals surface area contributed by atoms with Crippen LogP contribution >= 0.6 is 0 Å². The van der Waals surface area contributed by atoms with Crippen molar-refractivity contribution in [1.82, 2.24) is 4.98 Å². The summed E-state index contributed by atoms with van der Waals surface area (Å²) in [7, 11) is 0. The summed E-state index contributed by atoms with van der Waals surface area (Å²) in [4.78, 5) is 17.4. The first-order valence-electron chi connectivity index (χ1n) is 19.1. The van der Waals surface area contributed by atoms with Gasteiger partial charge in [-0.1, -0.05) is 111 Å². The van der Waals surface area contributed by atoms with Crippen LogP contribution in [0.15, 0.2) is 58.7 Å². The van der Waals surface area contributed by atoms with Crippen molar-refractivity contribution < 1.29 is 34.4 Å². The smallest absolute Gasteiger partial charge is 0.164 e. The molecule has 0 aliphatic carbocycles. The van der Waals surface area contributed by atoms with E-state index in [1.54, 1.807) is 0 Å². The van der Waals surface area contributed by atoms with Crippen LogP contribution in [0.2, 0.25) is 0 Å². The van der Waals surface area contributed by atoms with Crippen LogP contribution in [0.25, 0.3) is 43.9 Å². The third-order valence-corrected chi connectivity index (χ3v) is 11.4. The van der Waals surface area contributed by atoms with Crippen molar-refractivity contribution >= 4 is 38.4 Å². The molecule has 0 amide bonds. The quantitative estimate of drug-likeness (QED) is 0.0862. The van der Waals surface area contributed by atoms with E-state index >= 15 is 0 Å². The number of hydrogen-bond acceptors (Lipinski definition) is 4. The van der Waals surface area contributed by atoms with E-state index in [0.717, 1.165) is 65.6 Å². The molecule has 5 aromatic rings. The van der Waals surface area contributed by atoms with Crippen molar-refractivity contribution in [1.29, 1.82) is 0 Å². The van der Waals surface area contributed by atoms with Gasteiger partial charge in [0.2, 0.25) is 0 Å². The van der Waals surface area contributed by atoms with Gasteiger partial charge in [0.1, 0.15) is 17.1 Å². The minimum Gasteiger partial charge on any atom is -0.512 e. The Morgan fingerprint density at radius 3 is 2.04 bits per heavy atom. The van der Waals surface area contributed by atoms with Crippen LogP contribution in [-0.2, 0) is 36.7 Å². The molecule has 2 heterocycles. The second kappa shape index (κ2) is 16.8. The molecule has 0 spiro atoms. The van der Waals surface area contributed by atoms with Gasteiger partial charge in [-0.3, -0.25) is 9.78 Å². The monoisotopic (exact) mass is 881 g/mol. The number of benzene rings is 3. The molecule has 0 fully saturated rings. The number of aliphatic hydroxyl groups is 1. The minimum absolute atomic E-state index is 0. The molecule has 5 heteroatoms. The number of aromatic nitrogens is 1. The third-order valence-electron chi connectivity index (χ3n) is 11.4. The van der Waals surface area contributed by atoms with Gasteiger partial charge < -0.3 is 9.52 Å². The Bertz CT molecular complexity index is 2070. The molecule has 4 nitrogen and oxygen atoms in total. The number of rotatable bonds is 10. The first kappa shape index (κ1) is 43.1. The number of nitrogens with zero attached hydrogens (tertiary/aromatic N) is 1. The van der Waals surface area contributed by atoms with Crippen molar-refractivity contribution in [3.05, 3.63) is 88.4 Å². The average Bonchev–Trinajstić information content (AvgIpc) is 3.40. The third kappa shape index (κ3) is 8.74. The summed E-state index contributed by atoms with van der Waals surface area (Å²) in [5.74, 6) is 1.87. The fraction of sp³-hybridized carbons (Fsp3) is 0.489. The molecule has 1 radical (unpaired) electrons. The Morgan fingerprint density at radius 1 is 0.885 bits per heavy atom. The second-order valence-corrected chi connectivity index (χ2v) is 16.7. The van der Waals surface area contributed by atoms with Crippen LogP contribution < -0.4 is 0 Å². The fourth-order valence-electron chi connectivity index (χ4n) is 6.97. The topological polar surface area (TPSA) is 63.3 Å². The molecule has 5 rings (SSSR count). The molecular weight excluding hydrogens is 819 g/mol. The first-order valence-corrected chi connectivity index (χ1v) is 19.1. The van der Waals surface area contributed by atoms with E-state index < -0.39 is 0 Å². The molecule has 0 saturated heterocycles. The van der Waals surface area contributed by atoms with E-state index in [2.05, 4.69) is 104 Å². The van der Waals surface area contributed by atoms with E-state index in [9.17, 15) is 9.90 Å². The molecule has 0 aliphatic rings. The molecule has 0 atom stereocenters. The average molecular weight is 881 g/mol. The predicted molar refractivity (Wildman–Crippen MR) is 218 cm³/mol.